The van der Waals surface area contributed by atoms with Crippen LogP contribution in [0.3, 0.4) is 0 Å². The van der Waals surface area contributed by atoms with Gasteiger partial charge in [0.05, 0.1) is 16.7 Å². The monoisotopic (exact) mass is 470 g/mol. The molecule has 2 aliphatic rings. The maximum Gasteiger partial charge on any atom is 0.244 e. The van der Waals surface area contributed by atoms with Gasteiger partial charge in [-0.2, -0.15) is 0 Å². The Labute approximate surface area is 198 Å². The number of rotatable bonds is 7. The Balaban J connectivity index is 0.00000324. The quantitative estimate of drug-likeness (QED) is 0.628. The van der Waals surface area contributed by atoms with Crippen molar-refractivity contribution in [2.75, 3.05) is 19.3 Å². The van der Waals surface area contributed by atoms with Crippen LogP contribution in [-0.2, 0) is 14.6 Å². The average molecular weight is 471 g/mol. The molecule has 178 valence electrons. The summed E-state index contributed by atoms with van der Waals surface area (Å²) in [7, 11) is -1.66. The minimum Gasteiger partial charge on any atom is -0.457 e. The number of likely N-dealkylation sites (N-methyl/N-ethyl adjacent to an activating group) is 1. The van der Waals surface area contributed by atoms with Gasteiger partial charge in [-0.25, -0.2) is 8.42 Å². The van der Waals surface area contributed by atoms with E-state index in [2.05, 4.69) is 31.3 Å². The van der Waals surface area contributed by atoms with E-state index in [1.165, 1.54) is 5.56 Å². The summed E-state index contributed by atoms with van der Waals surface area (Å²) in [5, 5.41) is 3.29. The third-order valence-corrected chi connectivity index (χ3v) is 8.59. The smallest absolute Gasteiger partial charge is 0.244 e. The molecule has 33 heavy (non-hydrogen) atoms. The van der Waals surface area contributed by atoms with E-state index in [0.717, 1.165) is 25.0 Å². The molecule has 1 N–H and O–H groups in total. The second kappa shape index (κ2) is 9.31. The van der Waals surface area contributed by atoms with E-state index in [0.29, 0.717) is 23.0 Å². The molecule has 7 heteroatoms. The third kappa shape index (κ3) is 4.57. The van der Waals surface area contributed by atoms with Crippen LogP contribution in [0.2, 0.25) is 0 Å². The Morgan fingerprint density at radius 1 is 1.18 bits per heavy atom. The molecule has 3 unspecified atom stereocenters. The highest BCUT2D eigenvalue weighted by Crippen LogP contribution is 2.42. The lowest BCUT2D eigenvalue weighted by Gasteiger charge is -2.32. The van der Waals surface area contributed by atoms with Crippen LogP contribution in [0.4, 0.5) is 0 Å². The molecule has 0 aromatic heterocycles. The summed E-state index contributed by atoms with van der Waals surface area (Å²) in [5.74, 6) is 1.78. The van der Waals surface area contributed by atoms with E-state index in [1.54, 1.807) is 37.1 Å². The predicted molar refractivity (Wildman–Crippen MR) is 132 cm³/mol. The molecule has 2 heterocycles. The molecule has 1 saturated heterocycles. The number of amides is 1. The number of carbonyl (C=O) groups is 1. The Kier molecular flexibility index (Phi) is 6.64. The molecule has 2 aromatic carbocycles. The van der Waals surface area contributed by atoms with Gasteiger partial charge in [0.15, 0.2) is 9.84 Å². The molecule has 0 bridgehead atoms. The van der Waals surface area contributed by atoms with E-state index in [4.69, 9.17) is 4.74 Å². The number of nitrogens with zero attached hydrogens (tertiary/aromatic N) is 1. The van der Waals surface area contributed by atoms with E-state index >= 15 is 0 Å². The first-order chi connectivity index (χ1) is 15.7. The number of hydrogen-bond acceptors (Lipinski definition) is 5. The molecule has 0 spiro atoms. The molecule has 2 aromatic rings. The van der Waals surface area contributed by atoms with Gasteiger partial charge in [-0.15, -0.1) is 0 Å². The fourth-order valence-corrected chi connectivity index (χ4v) is 5.47. The molecular formula is C26H34N2O4S. The van der Waals surface area contributed by atoms with Crippen molar-refractivity contribution in [2.45, 2.75) is 50.5 Å². The predicted octanol–water partition coefficient (Wildman–Crippen LogP) is 4.82. The first kappa shape index (κ1) is 23.5. The molecule has 0 saturated carbocycles. The van der Waals surface area contributed by atoms with Crippen molar-refractivity contribution in [3.05, 3.63) is 59.8 Å². The number of hydrogen-bond donors (Lipinski definition) is 1. The largest absolute Gasteiger partial charge is 0.457 e. The van der Waals surface area contributed by atoms with E-state index in [-0.39, 0.29) is 29.9 Å². The zero-order valence-electron chi connectivity index (χ0n) is 19.7. The Hall–Kier alpha value is -2.64. The minimum absolute atomic E-state index is 0. The van der Waals surface area contributed by atoms with Crippen molar-refractivity contribution in [1.29, 1.82) is 0 Å². The molecule has 0 radical (unpaired) electrons. The lowest BCUT2D eigenvalue weighted by molar-refractivity contribution is -0.130. The zero-order valence-corrected chi connectivity index (χ0v) is 20.5. The van der Waals surface area contributed by atoms with Crippen molar-refractivity contribution < 1.29 is 19.4 Å². The minimum atomic E-state index is -3.39. The first-order valence-electron chi connectivity index (χ1n) is 11.6. The highest BCUT2D eigenvalue weighted by atomic mass is 32.2. The second-order valence-electron chi connectivity index (χ2n) is 8.90. The lowest BCUT2D eigenvalue weighted by atomic mass is 9.84. The third-order valence-electron chi connectivity index (χ3n) is 6.86. The molecule has 3 atom stereocenters. The number of carbonyl (C=O) groups excluding carboxylic acids is 1. The maximum absolute atomic E-state index is 12.6. The van der Waals surface area contributed by atoms with E-state index in [1.807, 2.05) is 18.3 Å². The maximum atomic E-state index is 12.6. The molecular weight excluding hydrogens is 436 g/mol. The highest BCUT2D eigenvalue weighted by Gasteiger charge is 2.41. The second-order valence-corrected chi connectivity index (χ2v) is 11.2. The summed E-state index contributed by atoms with van der Waals surface area (Å²) >= 11 is 0. The Morgan fingerprint density at radius 3 is 2.58 bits per heavy atom. The van der Waals surface area contributed by atoms with Crippen molar-refractivity contribution in [3.63, 3.8) is 0 Å². The zero-order chi connectivity index (χ0) is 23.8. The van der Waals surface area contributed by atoms with E-state index in [9.17, 15) is 13.2 Å². The molecule has 2 aliphatic heterocycles. The standard InChI is InChI=1S/C26H32N2O4S.H2/c1-5-17(3)18-7-9-19(10-8-18)32-24-12-11-20(33(30,31)6-2)15-22(24)23-16-28(4)26(29)25-21(23)13-14-27-25;/h7-12,15-17,21,25,27H,5-6,13-14H2,1-4H3;1H. The van der Waals surface area contributed by atoms with Gasteiger partial charge in [0, 0.05) is 26.2 Å². The van der Waals surface area contributed by atoms with Crippen molar-refractivity contribution >= 4 is 21.3 Å². The molecule has 6 nitrogen and oxygen atoms in total. The van der Waals surface area contributed by atoms with Crippen molar-refractivity contribution in [2.24, 2.45) is 5.92 Å². The number of fused-ring (bicyclic) bond motifs is 1. The van der Waals surface area contributed by atoms with Crippen LogP contribution in [0.25, 0.3) is 5.57 Å². The van der Waals surface area contributed by atoms with Gasteiger partial charge in [-0.3, -0.25) is 4.79 Å². The summed E-state index contributed by atoms with van der Waals surface area (Å²) in [6.45, 7) is 6.74. The number of benzene rings is 2. The van der Waals surface area contributed by atoms with Crippen LogP contribution in [-0.4, -0.2) is 44.6 Å². The lowest BCUT2D eigenvalue weighted by Crippen LogP contribution is -2.46. The van der Waals surface area contributed by atoms with Crippen molar-refractivity contribution in [3.8, 4) is 11.5 Å². The number of nitrogens with one attached hydrogen (secondary N) is 1. The normalized spacial score (nSPS) is 21.5. The van der Waals surface area contributed by atoms with Crippen molar-refractivity contribution in [1.82, 2.24) is 10.2 Å². The van der Waals surface area contributed by atoms with Crippen LogP contribution in [0.1, 0.15) is 52.1 Å². The first-order valence-corrected chi connectivity index (χ1v) is 13.3. The number of sulfone groups is 1. The van der Waals surface area contributed by atoms with Crippen LogP contribution in [0, 0.1) is 5.92 Å². The SMILES string of the molecule is CCC(C)c1ccc(Oc2ccc(S(=O)(=O)CC)cc2C2=CN(C)C(=O)C3NCCC23)cc1.[HH]. The van der Waals surface area contributed by atoms with Crippen LogP contribution < -0.4 is 10.1 Å². The van der Waals surface area contributed by atoms with Gasteiger partial charge in [-0.05, 0) is 66.8 Å². The summed E-state index contributed by atoms with van der Waals surface area (Å²) in [5.41, 5.74) is 2.89. The summed E-state index contributed by atoms with van der Waals surface area (Å²) < 4.78 is 31.6. The van der Waals surface area contributed by atoms with Gasteiger partial charge in [0.2, 0.25) is 5.91 Å². The summed E-state index contributed by atoms with van der Waals surface area (Å²) in [6.07, 6.45) is 3.70. The number of ether oxygens (including phenoxy) is 1. The van der Waals surface area contributed by atoms with Gasteiger partial charge in [0.25, 0.3) is 0 Å². The van der Waals surface area contributed by atoms with E-state index < -0.39 is 9.84 Å². The highest BCUT2D eigenvalue weighted by molar-refractivity contribution is 7.91. The molecule has 4 rings (SSSR count). The average Bonchev–Trinajstić information content (AvgIpc) is 3.32. The molecule has 0 aliphatic carbocycles. The Morgan fingerprint density at radius 2 is 1.91 bits per heavy atom. The van der Waals surface area contributed by atoms with Crippen LogP contribution in [0.15, 0.2) is 53.6 Å². The Bertz CT molecular complexity index is 1180. The van der Waals surface area contributed by atoms with Crippen LogP contribution in [0.5, 0.6) is 11.5 Å². The van der Waals surface area contributed by atoms with Gasteiger partial charge in [0.1, 0.15) is 11.5 Å². The van der Waals surface area contributed by atoms with Gasteiger partial charge in [-0.1, -0.05) is 32.9 Å². The van der Waals surface area contributed by atoms with Gasteiger partial charge >= 0.3 is 0 Å². The van der Waals surface area contributed by atoms with Crippen LogP contribution >= 0.6 is 0 Å². The molecule has 1 amide bonds. The summed E-state index contributed by atoms with van der Waals surface area (Å²) in [4.78, 5) is 14.5. The fraction of sp³-hybridized carbons (Fsp3) is 0.423. The topological polar surface area (TPSA) is 75.7 Å². The summed E-state index contributed by atoms with van der Waals surface area (Å²) in [6, 6.07) is 12.8. The fourth-order valence-electron chi connectivity index (χ4n) is 4.57. The molecule has 1 fully saturated rings. The van der Waals surface area contributed by atoms with Gasteiger partial charge < -0.3 is 15.0 Å².